The molecule has 13 heavy (non-hydrogen) atoms. The van der Waals surface area contributed by atoms with E-state index >= 15 is 0 Å². The monoisotopic (exact) mass is 207 g/mol. The number of hydrogen-bond acceptors (Lipinski definition) is 3. The van der Waals surface area contributed by atoms with Gasteiger partial charge in [-0.05, 0) is 6.92 Å². The summed E-state index contributed by atoms with van der Waals surface area (Å²) in [5.74, 6) is -0.111. The summed E-state index contributed by atoms with van der Waals surface area (Å²) >= 11 is 5.43. The number of ether oxygens (including phenoxy) is 1. The SMILES string of the molecule is CC1CN(C(=O)CCl)CC(CO)O1. The van der Waals surface area contributed by atoms with Crippen LogP contribution in [-0.4, -0.2) is 53.7 Å². The molecule has 0 aliphatic carbocycles. The first-order valence-electron chi connectivity index (χ1n) is 4.27. The molecule has 5 heteroatoms. The van der Waals surface area contributed by atoms with Crippen LogP contribution in [0.5, 0.6) is 0 Å². The highest BCUT2D eigenvalue weighted by molar-refractivity contribution is 6.27. The number of hydrogen-bond donors (Lipinski definition) is 1. The van der Waals surface area contributed by atoms with Gasteiger partial charge in [-0.15, -0.1) is 11.6 Å². The van der Waals surface area contributed by atoms with Crippen LogP contribution in [0.15, 0.2) is 0 Å². The molecule has 2 atom stereocenters. The molecule has 4 nitrogen and oxygen atoms in total. The average molecular weight is 208 g/mol. The Morgan fingerprint density at radius 2 is 2.38 bits per heavy atom. The highest BCUT2D eigenvalue weighted by atomic mass is 35.5. The zero-order valence-corrected chi connectivity index (χ0v) is 8.33. The lowest BCUT2D eigenvalue weighted by molar-refractivity contribution is -0.144. The lowest BCUT2D eigenvalue weighted by atomic mass is 10.2. The number of aliphatic hydroxyl groups excluding tert-OH is 1. The van der Waals surface area contributed by atoms with E-state index in [0.29, 0.717) is 13.1 Å². The molecule has 1 amide bonds. The van der Waals surface area contributed by atoms with E-state index in [2.05, 4.69) is 0 Å². The van der Waals surface area contributed by atoms with Gasteiger partial charge in [-0.2, -0.15) is 0 Å². The van der Waals surface area contributed by atoms with E-state index in [9.17, 15) is 4.79 Å². The van der Waals surface area contributed by atoms with Crippen molar-refractivity contribution in [1.82, 2.24) is 4.90 Å². The summed E-state index contributed by atoms with van der Waals surface area (Å²) < 4.78 is 5.37. The number of carbonyl (C=O) groups excluding carboxylic acids is 1. The van der Waals surface area contributed by atoms with Crippen LogP contribution in [0.4, 0.5) is 0 Å². The third-order valence-electron chi connectivity index (χ3n) is 2.00. The van der Waals surface area contributed by atoms with Crippen molar-refractivity contribution < 1.29 is 14.6 Å². The normalized spacial score (nSPS) is 29.0. The van der Waals surface area contributed by atoms with Gasteiger partial charge in [0.05, 0.1) is 18.8 Å². The van der Waals surface area contributed by atoms with Gasteiger partial charge >= 0.3 is 0 Å². The van der Waals surface area contributed by atoms with Gasteiger partial charge in [0.2, 0.25) is 5.91 Å². The molecular formula is C8H14ClNO3. The number of amides is 1. The maximum atomic E-state index is 11.2. The lowest BCUT2D eigenvalue weighted by Gasteiger charge is -2.35. The van der Waals surface area contributed by atoms with Crippen LogP contribution in [0.1, 0.15) is 6.92 Å². The van der Waals surface area contributed by atoms with Crippen LogP contribution in [0.25, 0.3) is 0 Å². The number of halogens is 1. The van der Waals surface area contributed by atoms with Crippen molar-refractivity contribution in [2.45, 2.75) is 19.1 Å². The molecule has 1 rings (SSSR count). The molecule has 0 aromatic heterocycles. The quantitative estimate of drug-likeness (QED) is 0.640. The van der Waals surface area contributed by atoms with Crippen molar-refractivity contribution in [2.75, 3.05) is 25.6 Å². The van der Waals surface area contributed by atoms with Gasteiger partial charge in [0.1, 0.15) is 5.88 Å². The molecule has 0 radical (unpaired) electrons. The molecule has 0 aromatic rings. The Balaban J connectivity index is 2.51. The molecule has 0 bridgehead atoms. The summed E-state index contributed by atoms with van der Waals surface area (Å²) in [5.41, 5.74) is 0. The fourth-order valence-corrected chi connectivity index (χ4v) is 1.60. The summed E-state index contributed by atoms with van der Waals surface area (Å²) in [6.45, 7) is 2.81. The number of morpholine rings is 1. The molecule has 2 unspecified atom stereocenters. The lowest BCUT2D eigenvalue weighted by Crippen LogP contribution is -2.50. The predicted octanol–water partition coefficient (Wildman–Crippen LogP) is -0.167. The molecule has 0 spiro atoms. The number of aliphatic hydroxyl groups is 1. The molecular weight excluding hydrogens is 194 g/mol. The summed E-state index contributed by atoms with van der Waals surface area (Å²) in [7, 11) is 0. The Labute approximate surface area is 82.4 Å². The molecule has 76 valence electrons. The first-order chi connectivity index (χ1) is 6.17. The van der Waals surface area contributed by atoms with Crippen LogP contribution in [0.2, 0.25) is 0 Å². The second-order valence-electron chi connectivity index (χ2n) is 3.18. The van der Waals surface area contributed by atoms with Crippen molar-refractivity contribution in [3.8, 4) is 0 Å². The fourth-order valence-electron chi connectivity index (χ4n) is 1.43. The highest BCUT2D eigenvalue weighted by Gasteiger charge is 2.27. The summed E-state index contributed by atoms with van der Waals surface area (Å²) in [4.78, 5) is 12.9. The second-order valence-corrected chi connectivity index (χ2v) is 3.45. The molecule has 1 aliphatic heterocycles. The van der Waals surface area contributed by atoms with Gasteiger partial charge in [-0.1, -0.05) is 0 Å². The van der Waals surface area contributed by atoms with Crippen LogP contribution in [-0.2, 0) is 9.53 Å². The van der Waals surface area contributed by atoms with Gasteiger partial charge in [0.15, 0.2) is 0 Å². The predicted molar refractivity (Wildman–Crippen MR) is 48.7 cm³/mol. The van der Waals surface area contributed by atoms with Crippen LogP contribution in [0, 0.1) is 0 Å². The summed E-state index contributed by atoms with van der Waals surface area (Å²) in [6, 6.07) is 0. The van der Waals surface area contributed by atoms with Crippen LogP contribution >= 0.6 is 11.6 Å². The van der Waals surface area contributed by atoms with Gasteiger partial charge in [-0.25, -0.2) is 0 Å². The number of nitrogens with zero attached hydrogens (tertiary/aromatic N) is 1. The van der Waals surface area contributed by atoms with E-state index in [0.717, 1.165) is 0 Å². The largest absolute Gasteiger partial charge is 0.394 e. The topological polar surface area (TPSA) is 49.8 Å². The summed E-state index contributed by atoms with van der Waals surface area (Å²) in [5, 5.41) is 8.89. The second kappa shape index (κ2) is 4.79. The Morgan fingerprint density at radius 1 is 1.69 bits per heavy atom. The number of alkyl halides is 1. The Morgan fingerprint density at radius 3 is 2.92 bits per heavy atom. The highest BCUT2D eigenvalue weighted by Crippen LogP contribution is 2.11. The molecule has 1 saturated heterocycles. The van der Waals surface area contributed by atoms with E-state index in [-0.39, 0.29) is 30.6 Å². The van der Waals surface area contributed by atoms with E-state index < -0.39 is 0 Å². The minimum atomic E-state index is -0.268. The third kappa shape index (κ3) is 2.83. The minimum absolute atomic E-state index is 0.00906. The zero-order chi connectivity index (χ0) is 9.84. The van der Waals surface area contributed by atoms with Crippen LogP contribution < -0.4 is 0 Å². The number of carbonyl (C=O) groups is 1. The van der Waals surface area contributed by atoms with Gasteiger partial charge in [0, 0.05) is 13.1 Å². The molecule has 1 aliphatic rings. The smallest absolute Gasteiger partial charge is 0.237 e. The third-order valence-corrected chi connectivity index (χ3v) is 2.23. The van der Waals surface area contributed by atoms with Crippen molar-refractivity contribution >= 4 is 17.5 Å². The maximum Gasteiger partial charge on any atom is 0.237 e. The number of rotatable bonds is 2. The van der Waals surface area contributed by atoms with Gasteiger partial charge in [0.25, 0.3) is 0 Å². The van der Waals surface area contributed by atoms with E-state index in [1.165, 1.54) is 0 Å². The van der Waals surface area contributed by atoms with E-state index in [1.54, 1.807) is 4.90 Å². The van der Waals surface area contributed by atoms with Gasteiger partial charge in [-0.3, -0.25) is 4.79 Å². The first kappa shape index (κ1) is 10.8. The minimum Gasteiger partial charge on any atom is -0.394 e. The maximum absolute atomic E-state index is 11.2. The first-order valence-corrected chi connectivity index (χ1v) is 4.81. The summed E-state index contributed by atoms with van der Waals surface area (Å²) in [6.07, 6.45) is -0.297. The molecule has 0 aromatic carbocycles. The Bertz CT molecular complexity index is 188. The van der Waals surface area contributed by atoms with E-state index in [4.69, 9.17) is 21.4 Å². The van der Waals surface area contributed by atoms with Crippen molar-refractivity contribution in [2.24, 2.45) is 0 Å². The average Bonchev–Trinajstić information content (AvgIpc) is 2.15. The van der Waals surface area contributed by atoms with Crippen molar-refractivity contribution in [3.05, 3.63) is 0 Å². The van der Waals surface area contributed by atoms with Crippen molar-refractivity contribution in [1.29, 1.82) is 0 Å². The molecule has 1 N–H and O–H groups in total. The standard InChI is InChI=1S/C8H14ClNO3/c1-6-3-10(8(12)2-9)4-7(5-11)13-6/h6-7,11H,2-5H2,1H3. The zero-order valence-electron chi connectivity index (χ0n) is 7.57. The molecule has 1 heterocycles. The fraction of sp³-hybridized carbons (Fsp3) is 0.875. The van der Waals surface area contributed by atoms with Gasteiger partial charge < -0.3 is 14.7 Å². The Kier molecular flexibility index (Phi) is 3.96. The van der Waals surface area contributed by atoms with E-state index in [1.807, 2.05) is 6.92 Å². The molecule has 1 fully saturated rings. The van der Waals surface area contributed by atoms with Crippen LogP contribution in [0.3, 0.4) is 0 Å². The Hall–Kier alpha value is -0.320. The molecule has 0 saturated carbocycles. The van der Waals surface area contributed by atoms with Crippen molar-refractivity contribution in [3.63, 3.8) is 0 Å².